The lowest BCUT2D eigenvalue weighted by Gasteiger charge is -2.45. The summed E-state index contributed by atoms with van der Waals surface area (Å²) in [7, 11) is 0. The molecule has 0 aromatic carbocycles. The largest absolute Gasteiger partial charge is 0.336 e. The Bertz CT molecular complexity index is 225. The first-order chi connectivity index (χ1) is 6.34. The zero-order valence-corrected chi connectivity index (χ0v) is 9.29. The van der Waals surface area contributed by atoms with Gasteiger partial charge in [0.25, 0.3) is 0 Å². The molecule has 0 aliphatic carbocycles. The van der Waals surface area contributed by atoms with E-state index in [1.54, 1.807) is 6.92 Å². The van der Waals surface area contributed by atoms with E-state index in [0.29, 0.717) is 0 Å². The predicted molar refractivity (Wildman–Crippen MR) is 56.7 cm³/mol. The molecule has 1 amide bonds. The van der Waals surface area contributed by atoms with Crippen LogP contribution in [0.3, 0.4) is 0 Å². The summed E-state index contributed by atoms with van der Waals surface area (Å²) in [6.45, 7) is 6.56. The molecule has 0 bridgehead atoms. The van der Waals surface area contributed by atoms with Gasteiger partial charge in [0.15, 0.2) is 0 Å². The second-order valence-electron chi connectivity index (χ2n) is 4.84. The van der Waals surface area contributed by atoms with Crippen molar-refractivity contribution >= 4 is 5.91 Å². The van der Waals surface area contributed by atoms with Gasteiger partial charge in [-0.3, -0.25) is 4.79 Å². The van der Waals surface area contributed by atoms with E-state index in [1.165, 1.54) is 0 Å². The van der Waals surface area contributed by atoms with Gasteiger partial charge < -0.3 is 16.4 Å². The first-order valence-corrected chi connectivity index (χ1v) is 5.17. The number of hydrogen-bond acceptors (Lipinski definition) is 3. The fourth-order valence-electron chi connectivity index (χ4n) is 2.11. The summed E-state index contributed by atoms with van der Waals surface area (Å²) in [4.78, 5) is 13.6. The van der Waals surface area contributed by atoms with Crippen molar-refractivity contribution in [3.8, 4) is 0 Å². The molecule has 1 fully saturated rings. The Morgan fingerprint density at radius 3 is 2.57 bits per heavy atom. The summed E-state index contributed by atoms with van der Waals surface area (Å²) >= 11 is 0. The third kappa shape index (κ3) is 2.25. The minimum atomic E-state index is -0.413. The van der Waals surface area contributed by atoms with Crippen molar-refractivity contribution in [1.82, 2.24) is 4.90 Å². The van der Waals surface area contributed by atoms with Crippen LogP contribution < -0.4 is 11.5 Å². The Morgan fingerprint density at radius 2 is 2.14 bits per heavy atom. The van der Waals surface area contributed by atoms with E-state index in [0.717, 1.165) is 19.4 Å². The highest BCUT2D eigenvalue weighted by atomic mass is 16.2. The fraction of sp³-hybridized carbons (Fsp3) is 0.900. The smallest absolute Gasteiger partial charge is 0.239 e. The zero-order chi connectivity index (χ0) is 10.9. The van der Waals surface area contributed by atoms with Gasteiger partial charge in [0.1, 0.15) is 0 Å². The van der Waals surface area contributed by atoms with Gasteiger partial charge in [-0.05, 0) is 33.6 Å². The van der Waals surface area contributed by atoms with Crippen LogP contribution in [0.15, 0.2) is 0 Å². The SMILES string of the molecule is CC(N)C(=O)N1CCC(N)CC1(C)C. The molecule has 0 spiro atoms. The van der Waals surface area contributed by atoms with Gasteiger partial charge in [0, 0.05) is 18.1 Å². The average molecular weight is 199 g/mol. The van der Waals surface area contributed by atoms with Crippen molar-refractivity contribution in [2.45, 2.75) is 51.2 Å². The number of piperidine rings is 1. The highest BCUT2D eigenvalue weighted by Gasteiger charge is 2.37. The molecular formula is C10H21N3O. The first-order valence-electron chi connectivity index (χ1n) is 5.17. The van der Waals surface area contributed by atoms with Crippen LogP contribution in [0, 0.1) is 0 Å². The van der Waals surface area contributed by atoms with Crippen LogP contribution in [0.25, 0.3) is 0 Å². The summed E-state index contributed by atoms with van der Waals surface area (Å²) in [5.74, 6) is 0.0295. The van der Waals surface area contributed by atoms with Crippen molar-refractivity contribution < 1.29 is 4.79 Å². The van der Waals surface area contributed by atoms with E-state index in [2.05, 4.69) is 0 Å². The van der Waals surface area contributed by atoms with Crippen molar-refractivity contribution in [3.63, 3.8) is 0 Å². The molecule has 1 saturated heterocycles. The molecule has 4 nitrogen and oxygen atoms in total. The highest BCUT2D eigenvalue weighted by molar-refractivity contribution is 5.82. The average Bonchev–Trinajstić information content (AvgIpc) is 2.01. The fourth-order valence-corrected chi connectivity index (χ4v) is 2.11. The van der Waals surface area contributed by atoms with Gasteiger partial charge in [0.05, 0.1) is 6.04 Å². The molecule has 1 rings (SSSR count). The molecule has 4 heteroatoms. The van der Waals surface area contributed by atoms with Gasteiger partial charge in [-0.1, -0.05) is 0 Å². The van der Waals surface area contributed by atoms with Crippen LogP contribution in [0.2, 0.25) is 0 Å². The van der Waals surface area contributed by atoms with Gasteiger partial charge in [-0.25, -0.2) is 0 Å². The molecule has 2 unspecified atom stereocenters. The molecule has 14 heavy (non-hydrogen) atoms. The number of amides is 1. The van der Waals surface area contributed by atoms with Crippen molar-refractivity contribution in [3.05, 3.63) is 0 Å². The maximum absolute atomic E-state index is 11.8. The standard InChI is InChI=1S/C10H21N3O/c1-7(11)9(14)13-5-4-8(12)6-10(13,2)3/h7-8H,4-6,11-12H2,1-3H3. The number of hydrogen-bond donors (Lipinski definition) is 2. The number of likely N-dealkylation sites (tertiary alicyclic amines) is 1. The van der Waals surface area contributed by atoms with E-state index in [4.69, 9.17) is 11.5 Å². The van der Waals surface area contributed by atoms with Crippen LogP contribution in [0.5, 0.6) is 0 Å². The Hall–Kier alpha value is -0.610. The van der Waals surface area contributed by atoms with Gasteiger partial charge >= 0.3 is 0 Å². The van der Waals surface area contributed by atoms with Crippen LogP contribution in [-0.2, 0) is 4.79 Å². The monoisotopic (exact) mass is 199 g/mol. The van der Waals surface area contributed by atoms with E-state index >= 15 is 0 Å². The molecule has 0 aromatic rings. The maximum Gasteiger partial charge on any atom is 0.239 e. The Kier molecular flexibility index (Phi) is 3.17. The van der Waals surface area contributed by atoms with Gasteiger partial charge in [-0.15, -0.1) is 0 Å². The molecule has 4 N–H and O–H groups in total. The lowest BCUT2D eigenvalue weighted by Crippen LogP contribution is -2.58. The van der Waals surface area contributed by atoms with E-state index in [-0.39, 0.29) is 17.5 Å². The molecule has 1 aliphatic heterocycles. The summed E-state index contributed by atoms with van der Waals surface area (Å²) in [6.07, 6.45) is 1.73. The van der Waals surface area contributed by atoms with Crippen LogP contribution >= 0.6 is 0 Å². The molecule has 1 heterocycles. The molecule has 1 aliphatic rings. The quantitative estimate of drug-likeness (QED) is 0.627. The molecular weight excluding hydrogens is 178 g/mol. The molecule has 0 radical (unpaired) electrons. The van der Waals surface area contributed by atoms with Crippen LogP contribution in [0.4, 0.5) is 0 Å². The number of rotatable bonds is 1. The lowest BCUT2D eigenvalue weighted by molar-refractivity contribution is -0.139. The second-order valence-corrected chi connectivity index (χ2v) is 4.84. The Labute approximate surface area is 85.6 Å². The second kappa shape index (κ2) is 3.87. The van der Waals surface area contributed by atoms with Crippen molar-refractivity contribution in [1.29, 1.82) is 0 Å². The summed E-state index contributed by atoms with van der Waals surface area (Å²) in [5, 5.41) is 0. The number of nitrogens with two attached hydrogens (primary N) is 2. The summed E-state index contributed by atoms with van der Waals surface area (Å²) in [6, 6.07) is -0.203. The van der Waals surface area contributed by atoms with E-state index < -0.39 is 6.04 Å². The predicted octanol–water partition coefficient (Wildman–Crippen LogP) is 0.0619. The number of nitrogens with zero attached hydrogens (tertiary/aromatic N) is 1. The van der Waals surface area contributed by atoms with E-state index in [1.807, 2.05) is 18.7 Å². The van der Waals surface area contributed by atoms with E-state index in [9.17, 15) is 4.79 Å². The van der Waals surface area contributed by atoms with Gasteiger partial charge in [0.2, 0.25) is 5.91 Å². The molecule has 2 atom stereocenters. The molecule has 0 saturated carbocycles. The maximum atomic E-state index is 11.8. The molecule has 0 aromatic heterocycles. The number of carbonyl (C=O) groups excluding carboxylic acids is 1. The lowest BCUT2D eigenvalue weighted by atomic mass is 9.87. The topological polar surface area (TPSA) is 72.4 Å². The summed E-state index contributed by atoms with van der Waals surface area (Å²) in [5.41, 5.74) is 11.3. The van der Waals surface area contributed by atoms with Crippen LogP contribution in [-0.4, -0.2) is 35.0 Å². The Morgan fingerprint density at radius 1 is 1.57 bits per heavy atom. The first kappa shape index (κ1) is 11.5. The minimum Gasteiger partial charge on any atom is -0.336 e. The third-order valence-corrected chi connectivity index (χ3v) is 2.87. The van der Waals surface area contributed by atoms with Gasteiger partial charge in [-0.2, -0.15) is 0 Å². The molecule has 82 valence electrons. The third-order valence-electron chi connectivity index (χ3n) is 2.87. The number of carbonyl (C=O) groups is 1. The Balaban J connectivity index is 2.74. The van der Waals surface area contributed by atoms with Crippen LogP contribution in [0.1, 0.15) is 33.6 Å². The zero-order valence-electron chi connectivity index (χ0n) is 9.29. The summed E-state index contributed by atoms with van der Waals surface area (Å²) < 4.78 is 0. The van der Waals surface area contributed by atoms with Crippen molar-refractivity contribution in [2.24, 2.45) is 11.5 Å². The normalized spacial score (nSPS) is 28.6. The minimum absolute atomic E-state index is 0.0295. The highest BCUT2D eigenvalue weighted by Crippen LogP contribution is 2.27. The van der Waals surface area contributed by atoms with Crippen molar-refractivity contribution in [2.75, 3.05) is 6.54 Å².